The van der Waals surface area contributed by atoms with Gasteiger partial charge >= 0.3 is 5.97 Å². The number of nitrogens with one attached hydrogen (secondary N) is 1. The minimum absolute atomic E-state index is 0.242. The van der Waals surface area contributed by atoms with Crippen LogP contribution in [-0.4, -0.2) is 32.3 Å². The molecule has 0 saturated carbocycles. The fraction of sp³-hybridized carbons (Fsp3) is 0.588. The van der Waals surface area contributed by atoms with Crippen molar-refractivity contribution in [1.82, 2.24) is 5.32 Å². The number of carbonyl (C=O) groups excluding carboxylic acids is 1. The summed E-state index contributed by atoms with van der Waals surface area (Å²) in [6, 6.07) is 5.94. The first-order chi connectivity index (χ1) is 9.99. The maximum Gasteiger partial charge on any atom is 0.322 e. The molecule has 0 aliphatic rings. The Labute approximate surface area is 127 Å². The van der Waals surface area contributed by atoms with Gasteiger partial charge in [0.05, 0.1) is 13.7 Å². The molecule has 21 heavy (non-hydrogen) atoms. The summed E-state index contributed by atoms with van der Waals surface area (Å²) < 4.78 is 10.7. The Kier molecular flexibility index (Phi) is 7.23. The molecule has 0 bridgehead atoms. The molecule has 0 fully saturated rings. The average molecular weight is 293 g/mol. The lowest BCUT2D eigenvalue weighted by molar-refractivity contribution is -0.143. The molecule has 0 aromatic heterocycles. The third-order valence-corrected chi connectivity index (χ3v) is 3.39. The molecule has 118 valence electrons. The Morgan fingerprint density at radius 3 is 2.62 bits per heavy atom. The largest absolute Gasteiger partial charge is 0.493 e. The molecule has 0 aliphatic heterocycles. The van der Waals surface area contributed by atoms with E-state index in [0.29, 0.717) is 18.9 Å². The molecule has 1 rings (SSSR count). The SMILES string of the molecule is CCNC(CCOc1cc(C)ccc1C(C)C)C(=O)OC. The summed E-state index contributed by atoms with van der Waals surface area (Å²) in [6.07, 6.45) is 0.589. The maximum absolute atomic E-state index is 11.6. The third kappa shape index (κ3) is 5.38. The second kappa shape index (κ2) is 8.67. The molecule has 0 spiro atoms. The van der Waals surface area contributed by atoms with E-state index in [1.54, 1.807) is 0 Å². The molecule has 1 unspecified atom stereocenters. The summed E-state index contributed by atoms with van der Waals surface area (Å²) in [5.41, 5.74) is 2.37. The summed E-state index contributed by atoms with van der Waals surface area (Å²) in [7, 11) is 1.41. The van der Waals surface area contributed by atoms with Crippen molar-refractivity contribution in [2.45, 2.75) is 46.1 Å². The van der Waals surface area contributed by atoms with Crippen molar-refractivity contribution in [3.63, 3.8) is 0 Å². The van der Waals surface area contributed by atoms with Gasteiger partial charge in [-0.05, 0) is 36.6 Å². The molecular weight excluding hydrogens is 266 g/mol. The summed E-state index contributed by atoms with van der Waals surface area (Å²) in [5, 5.41) is 3.11. The maximum atomic E-state index is 11.6. The third-order valence-electron chi connectivity index (χ3n) is 3.39. The minimum Gasteiger partial charge on any atom is -0.493 e. The molecule has 0 saturated heterocycles. The number of aryl methyl sites for hydroxylation is 1. The van der Waals surface area contributed by atoms with Crippen LogP contribution in [0.25, 0.3) is 0 Å². The van der Waals surface area contributed by atoms with Crippen molar-refractivity contribution in [3.8, 4) is 5.75 Å². The Bertz CT molecular complexity index is 457. The molecular formula is C17H27NO3. The van der Waals surface area contributed by atoms with Crippen molar-refractivity contribution in [2.24, 2.45) is 0 Å². The smallest absolute Gasteiger partial charge is 0.322 e. The zero-order valence-corrected chi connectivity index (χ0v) is 13.7. The Hall–Kier alpha value is -1.55. The molecule has 1 N–H and O–H groups in total. The van der Waals surface area contributed by atoms with Crippen molar-refractivity contribution in [2.75, 3.05) is 20.3 Å². The number of rotatable bonds is 8. The topological polar surface area (TPSA) is 47.6 Å². The van der Waals surface area contributed by atoms with Gasteiger partial charge in [-0.25, -0.2) is 0 Å². The highest BCUT2D eigenvalue weighted by Crippen LogP contribution is 2.27. The van der Waals surface area contributed by atoms with Crippen molar-refractivity contribution >= 4 is 5.97 Å². The number of esters is 1. The van der Waals surface area contributed by atoms with Crippen molar-refractivity contribution in [1.29, 1.82) is 0 Å². The average Bonchev–Trinajstić information content (AvgIpc) is 2.45. The van der Waals surface area contributed by atoms with E-state index in [9.17, 15) is 4.79 Å². The molecule has 1 atom stereocenters. The van der Waals surface area contributed by atoms with E-state index in [1.807, 2.05) is 13.8 Å². The van der Waals surface area contributed by atoms with Crippen LogP contribution >= 0.6 is 0 Å². The number of hydrogen-bond donors (Lipinski definition) is 1. The van der Waals surface area contributed by atoms with Gasteiger partial charge in [-0.2, -0.15) is 0 Å². The van der Waals surface area contributed by atoms with Crippen LogP contribution in [0.1, 0.15) is 44.2 Å². The fourth-order valence-corrected chi connectivity index (χ4v) is 2.22. The lowest BCUT2D eigenvalue weighted by Crippen LogP contribution is -2.38. The van der Waals surface area contributed by atoms with E-state index in [1.165, 1.54) is 18.2 Å². The van der Waals surface area contributed by atoms with E-state index in [0.717, 1.165) is 12.3 Å². The Morgan fingerprint density at radius 2 is 2.05 bits per heavy atom. The quantitative estimate of drug-likeness (QED) is 0.748. The van der Waals surface area contributed by atoms with Crippen LogP contribution in [0.3, 0.4) is 0 Å². The van der Waals surface area contributed by atoms with E-state index in [4.69, 9.17) is 9.47 Å². The van der Waals surface area contributed by atoms with Gasteiger partial charge in [0.2, 0.25) is 0 Å². The number of hydrogen-bond acceptors (Lipinski definition) is 4. The highest BCUT2D eigenvalue weighted by molar-refractivity contribution is 5.75. The van der Waals surface area contributed by atoms with E-state index < -0.39 is 0 Å². The van der Waals surface area contributed by atoms with Crippen LogP contribution in [0.5, 0.6) is 5.75 Å². The number of likely N-dealkylation sites (N-methyl/N-ethyl adjacent to an activating group) is 1. The minimum atomic E-state index is -0.313. The predicted molar refractivity (Wildman–Crippen MR) is 84.9 cm³/mol. The second-order valence-corrected chi connectivity index (χ2v) is 5.47. The highest BCUT2D eigenvalue weighted by atomic mass is 16.5. The molecule has 0 aliphatic carbocycles. The second-order valence-electron chi connectivity index (χ2n) is 5.47. The van der Waals surface area contributed by atoms with Crippen LogP contribution in [0, 0.1) is 6.92 Å². The van der Waals surface area contributed by atoms with Crippen molar-refractivity contribution in [3.05, 3.63) is 29.3 Å². The van der Waals surface area contributed by atoms with E-state index >= 15 is 0 Å². The molecule has 0 heterocycles. The van der Waals surface area contributed by atoms with Gasteiger partial charge in [0, 0.05) is 6.42 Å². The van der Waals surface area contributed by atoms with E-state index in [2.05, 4.69) is 37.4 Å². The molecule has 0 radical (unpaired) electrons. The van der Waals surface area contributed by atoms with E-state index in [-0.39, 0.29) is 12.0 Å². The summed E-state index contributed by atoms with van der Waals surface area (Å²) >= 11 is 0. The van der Waals surface area contributed by atoms with Gasteiger partial charge < -0.3 is 14.8 Å². The summed E-state index contributed by atoms with van der Waals surface area (Å²) in [5.74, 6) is 1.07. The fourth-order valence-electron chi connectivity index (χ4n) is 2.22. The Morgan fingerprint density at radius 1 is 1.33 bits per heavy atom. The van der Waals surface area contributed by atoms with Gasteiger partial charge in [-0.1, -0.05) is 32.9 Å². The monoisotopic (exact) mass is 293 g/mol. The number of carbonyl (C=O) groups is 1. The normalized spacial score (nSPS) is 12.3. The van der Waals surface area contributed by atoms with Gasteiger partial charge in [-0.15, -0.1) is 0 Å². The van der Waals surface area contributed by atoms with Gasteiger partial charge in [0.25, 0.3) is 0 Å². The van der Waals surface area contributed by atoms with Gasteiger partial charge in [-0.3, -0.25) is 4.79 Å². The predicted octanol–water partition coefficient (Wildman–Crippen LogP) is 3.04. The number of benzene rings is 1. The first-order valence-corrected chi connectivity index (χ1v) is 7.54. The standard InChI is InChI=1S/C17H27NO3/c1-6-18-15(17(19)20-5)9-10-21-16-11-13(4)7-8-14(16)12(2)3/h7-8,11-12,15,18H,6,9-10H2,1-5H3. The van der Waals surface area contributed by atoms with Crippen molar-refractivity contribution < 1.29 is 14.3 Å². The van der Waals surface area contributed by atoms with Crippen LogP contribution in [0.4, 0.5) is 0 Å². The van der Waals surface area contributed by atoms with Crippen LogP contribution in [0.15, 0.2) is 18.2 Å². The molecule has 1 aromatic carbocycles. The summed E-state index contributed by atoms with van der Waals surface area (Å²) in [6.45, 7) is 9.51. The van der Waals surface area contributed by atoms with Gasteiger partial charge in [0.1, 0.15) is 11.8 Å². The Balaban J connectivity index is 2.66. The first kappa shape index (κ1) is 17.5. The molecule has 4 nitrogen and oxygen atoms in total. The lowest BCUT2D eigenvalue weighted by Gasteiger charge is -2.18. The molecule has 1 aromatic rings. The molecule has 0 amide bonds. The first-order valence-electron chi connectivity index (χ1n) is 7.54. The number of ether oxygens (including phenoxy) is 2. The van der Waals surface area contributed by atoms with Crippen LogP contribution in [0.2, 0.25) is 0 Å². The molecule has 4 heteroatoms. The highest BCUT2D eigenvalue weighted by Gasteiger charge is 2.18. The zero-order valence-electron chi connectivity index (χ0n) is 13.7. The lowest BCUT2D eigenvalue weighted by atomic mass is 10.0. The van der Waals surface area contributed by atoms with Crippen LogP contribution < -0.4 is 10.1 Å². The summed E-state index contributed by atoms with van der Waals surface area (Å²) in [4.78, 5) is 11.6. The zero-order chi connectivity index (χ0) is 15.8. The number of methoxy groups -OCH3 is 1. The van der Waals surface area contributed by atoms with Crippen LogP contribution in [-0.2, 0) is 9.53 Å². The van der Waals surface area contributed by atoms with Gasteiger partial charge in [0.15, 0.2) is 0 Å².